The molecule has 2 fully saturated rings. The summed E-state index contributed by atoms with van der Waals surface area (Å²) in [5.41, 5.74) is 0.382. The molecule has 0 radical (unpaired) electrons. The average molecular weight is 293 g/mol. The van der Waals surface area contributed by atoms with Crippen LogP contribution in [0.2, 0.25) is 0 Å². The fourth-order valence-corrected chi connectivity index (χ4v) is 3.93. The lowest BCUT2D eigenvalue weighted by Gasteiger charge is -2.30. The fourth-order valence-electron chi connectivity index (χ4n) is 3.93. The summed E-state index contributed by atoms with van der Waals surface area (Å²) in [4.78, 5) is 12.3. The van der Waals surface area contributed by atoms with E-state index in [1.54, 1.807) is 0 Å². The van der Waals surface area contributed by atoms with Gasteiger partial charge in [0, 0.05) is 24.1 Å². The van der Waals surface area contributed by atoms with Crippen molar-refractivity contribution in [1.29, 1.82) is 0 Å². The summed E-state index contributed by atoms with van der Waals surface area (Å²) < 4.78 is 18.3. The standard InChI is InChI=1S/C16H20FNO3/c1-21-14-7-11(4-5-13(14)17)16(20)18-15-10-3-2-9(6-10)12(15)8-19/h4-5,7,9-10,12,15,19H,2-3,6,8H2,1H3,(H,18,20)/t9-,10-,12+,15+/m0/s1. The Labute approximate surface area is 123 Å². The molecule has 2 aliphatic carbocycles. The van der Waals surface area contributed by atoms with Gasteiger partial charge in [-0.2, -0.15) is 0 Å². The molecule has 0 heterocycles. The molecule has 2 saturated carbocycles. The van der Waals surface area contributed by atoms with E-state index in [9.17, 15) is 14.3 Å². The molecule has 2 N–H and O–H groups in total. The number of halogens is 1. The number of ether oxygens (including phenoxy) is 1. The quantitative estimate of drug-likeness (QED) is 0.892. The van der Waals surface area contributed by atoms with Gasteiger partial charge in [0.05, 0.1) is 7.11 Å². The van der Waals surface area contributed by atoms with Gasteiger partial charge in [-0.3, -0.25) is 4.79 Å². The first-order valence-corrected chi connectivity index (χ1v) is 7.39. The van der Waals surface area contributed by atoms with E-state index in [-0.39, 0.29) is 30.2 Å². The van der Waals surface area contributed by atoms with E-state index in [4.69, 9.17) is 4.74 Å². The molecule has 3 rings (SSSR count). The lowest BCUT2D eigenvalue weighted by atomic mass is 9.85. The number of carbonyl (C=O) groups is 1. The second-order valence-electron chi connectivity index (χ2n) is 6.03. The molecule has 4 atom stereocenters. The second kappa shape index (κ2) is 5.64. The molecule has 21 heavy (non-hydrogen) atoms. The SMILES string of the molecule is COc1cc(C(=O)N[C@@H]2[C@H]3CC[C@@H](C3)[C@H]2CO)ccc1F. The maximum atomic E-state index is 13.4. The Bertz CT molecular complexity index is 548. The van der Waals surface area contributed by atoms with Gasteiger partial charge >= 0.3 is 0 Å². The van der Waals surface area contributed by atoms with Crippen molar-refractivity contribution < 1.29 is 19.0 Å². The van der Waals surface area contributed by atoms with Crippen LogP contribution in [0.5, 0.6) is 5.75 Å². The van der Waals surface area contributed by atoms with Gasteiger partial charge in [0.2, 0.25) is 0 Å². The molecule has 1 aromatic rings. The van der Waals surface area contributed by atoms with Gasteiger partial charge in [-0.15, -0.1) is 0 Å². The van der Waals surface area contributed by atoms with Gasteiger partial charge in [0.25, 0.3) is 5.91 Å². The van der Waals surface area contributed by atoms with E-state index in [1.807, 2.05) is 0 Å². The monoisotopic (exact) mass is 293 g/mol. The van der Waals surface area contributed by atoms with Crippen LogP contribution in [0.25, 0.3) is 0 Å². The van der Waals surface area contributed by atoms with Crippen molar-refractivity contribution in [1.82, 2.24) is 5.32 Å². The molecule has 0 aromatic heterocycles. The third-order valence-corrected chi connectivity index (χ3v) is 5.01. The number of methoxy groups -OCH3 is 1. The van der Waals surface area contributed by atoms with Gasteiger partial charge in [-0.05, 0) is 49.3 Å². The van der Waals surface area contributed by atoms with Crippen LogP contribution in [-0.4, -0.2) is 30.8 Å². The van der Waals surface area contributed by atoms with Crippen molar-refractivity contribution in [3.8, 4) is 5.75 Å². The molecule has 0 spiro atoms. The highest BCUT2D eigenvalue weighted by Gasteiger charge is 2.47. The molecule has 2 bridgehead atoms. The number of aliphatic hydroxyl groups is 1. The number of rotatable bonds is 4. The Morgan fingerprint density at radius 1 is 1.43 bits per heavy atom. The Morgan fingerprint density at radius 3 is 2.90 bits per heavy atom. The van der Waals surface area contributed by atoms with Crippen LogP contribution in [-0.2, 0) is 0 Å². The van der Waals surface area contributed by atoms with Crippen LogP contribution in [0.1, 0.15) is 29.6 Å². The highest BCUT2D eigenvalue weighted by molar-refractivity contribution is 5.94. The lowest BCUT2D eigenvalue weighted by molar-refractivity contribution is 0.0861. The molecule has 4 nitrogen and oxygen atoms in total. The van der Waals surface area contributed by atoms with Gasteiger partial charge in [-0.25, -0.2) is 4.39 Å². The number of amides is 1. The minimum Gasteiger partial charge on any atom is -0.494 e. The number of carbonyl (C=O) groups excluding carboxylic acids is 1. The van der Waals surface area contributed by atoms with Crippen molar-refractivity contribution in [3.05, 3.63) is 29.6 Å². The summed E-state index contributed by atoms with van der Waals surface area (Å²) in [5, 5.41) is 12.6. The highest BCUT2D eigenvalue weighted by Crippen LogP contribution is 2.48. The Hall–Kier alpha value is -1.62. The molecule has 5 heteroatoms. The number of aliphatic hydroxyl groups excluding tert-OH is 1. The third-order valence-electron chi connectivity index (χ3n) is 5.01. The Kier molecular flexibility index (Phi) is 3.85. The van der Waals surface area contributed by atoms with Gasteiger partial charge in [0.15, 0.2) is 11.6 Å². The minimum atomic E-state index is -0.484. The molecule has 0 aliphatic heterocycles. The van der Waals surface area contributed by atoms with Crippen LogP contribution in [0.3, 0.4) is 0 Å². The van der Waals surface area contributed by atoms with E-state index >= 15 is 0 Å². The van der Waals surface area contributed by atoms with Crippen LogP contribution in [0.15, 0.2) is 18.2 Å². The topological polar surface area (TPSA) is 58.6 Å². The summed E-state index contributed by atoms with van der Waals surface area (Å²) in [5.74, 6) is 0.474. The molecule has 2 aliphatic rings. The molecule has 114 valence electrons. The summed E-state index contributed by atoms with van der Waals surface area (Å²) >= 11 is 0. The minimum absolute atomic E-state index is 0.0253. The molecule has 0 unspecified atom stereocenters. The van der Waals surface area contributed by atoms with Crippen molar-refractivity contribution in [2.45, 2.75) is 25.3 Å². The van der Waals surface area contributed by atoms with Gasteiger partial charge in [0.1, 0.15) is 0 Å². The number of hydrogen-bond donors (Lipinski definition) is 2. The third kappa shape index (κ3) is 2.50. The number of nitrogens with one attached hydrogen (secondary N) is 1. The molecule has 1 aromatic carbocycles. The van der Waals surface area contributed by atoms with Crippen molar-refractivity contribution in [2.24, 2.45) is 17.8 Å². The number of hydrogen-bond acceptors (Lipinski definition) is 3. The second-order valence-corrected chi connectivity index (χ2v) is 6.03. The van der Waals surface area contributed by atoms with Crippen molar-refractivity contribution >= 4 is 5.91 Å². The summed E-state index contributed by atoms with van der Waals surface area (Å²) in [6.45, 7) is 0.110. The molecular formula is C16H20FNO3. The predicted molar refractivity (Wildman–Crippen MR) is 75.6 cm³/mol. The number of benzene rings is 1. The van der Waals surface area contributed by atoms with Crippen LogP contribution in [0, 0.1) is 23.6 Å². The van der Waals surface area contributed by atoms with Crippen molar-refractivity contribution in [3.63, 3.8) is 0 Å². The van der Waals surface area contributed by atoms with Gasteiger partial charge in [-0.1, -0.05) is 0 Å². The molecule has 0 saturated heterocycles. The smallest absolute Gasteiger partial charge is 0.251 e. The zero-order valence-electron chi connectivity index (χ0n) is 12.0. The van der Waals surface area contributed by atoms with E-state index in [0.29, 0.717) is 17.4 Å². The summed E-state index contributed by atoms with van der Waals surface area (Å²) in [7, 11) is 1.37. The lowest BCUT2D eigenvalue weighted by Crippen LogP contribution is -2.45. The average Bonchev–Trinajstić information content (AvgIpc) is 3.08. The maximum absolute atomic E-state index is 13.4. The van der Waals surface area contributed by atoms with Crippen LogP contribution >= 0.6 is 0 Å². The van der Waals surface area contributed by atoms with E-state index in [1.165, 1.54) is 25.3 Å². The fraction of sp³-hybridized carbons (Fsp3) is 0.562. The zero-order valence-corrected chi connectivity index (χ0v) is 12.0. The molecular weight excluding hydrogens is 273 g/mol. The first-order chi connectivity index (χ1) is 10.1. The van der Waals surface area contributed by atoms with E-state index in [2.05, 4.69) is 5.32 Å². The first kappa shape index (κ1) is 14.3. The van der Waals surface area contributed by atoms with E-state index in [0.717, 1.165) is 19.3 Å². The highest BCUT2D eigenvalue weighted by atomic mass is 19.1. The number of fused-ring (bicyclic) bond motifs is 2. The van der Waals surface area contributed by atoms with E-state index < -0.39 is 5.82 Å². The first-order valence-electron chi connectivity index (χ1n) is 7.39. The van der Waals surface area contributed by atoms with Crippen molar-refractivity contribution in [2.75, 3.05) is 13.7 Å². The maximum Gasteiger partial charge on any atom is 0.251 e. The largest absolute Gasteiger partial charge is 0.494 e. The Balaban J connectivity index is 1.74. The Morgan fingerprint density at radius 2 is 2.19 bits per heavy atom. The van der Waals surface area contributed by atoms with Crippen LogP contribution < -0.4 is 10.1 Å². The van der Waals surface area contributed by atoms with Crippen LogP contribution in [0.4, 0.5) is 4.39 Å². The zero-order chi connectivity index (χ0) is 15.0. The van der Waals surface area contributed by atoms with Gasteiger partial charge < -0.3 is 15.2 Å². The normalized spacial score (nSPS) is 30.4. The summed E-state index contributed by atoms with van der Waals surface area (Å²) in [6.07, 6.45) is 3.34. The predicted octanol–water partition coefficient (Wildman–Crippen LogP) is 1.97. The molecule has 1 amide bonds. The summed E-state index contributed by atoms with van der Waals surface area (Å²) in [6, 6.07) is 4.12.